The number of halogens is 1. The fraction of sp³-hybridized carbons (Fsp3) is 0.731. The van der Waals surface area contributed by atoms with E-state index >= 15 is 0 Å². The van der Waals surface area contributed by atoms with Gasteiger partial charge in [-0.3, -0.25) is 4.79 Å². The van der Waals surface area contributed by atoms with E-state index in [1.165, 1.54) is 18.2 Å². The number of hydrogen-bond donors (Lipinski definition) is 1. The minimum atomic E-state index is -3.08. The van der Waals surface area contributed by atoms with Crippen LogP contribution in [0.15, 0.2) is 24.3 Å². The van der Waals surface area contributed by atoms with Crippen LogP contribution < -0.4 is 5.32 Å². The lowest BCUT2D eigenvalue weighted by Crippen LogP contribution is -2.44. The predicted octanol–water partition coefficient (Wildman–Crippen LogP) is 4.94. The third kappa shape index (κ3) is 8.81. The van der Waals surface area contributed by atoms with Crippen molar-refractivity contribution in [2.45, 2.75) is 77.7 Å². The summed E-state index contributed by atoms with van der Waals surface area (Å²) < 4.78 is 25.2. The number of nitrogens with zero attached hydrogens (tertiary/aromatic N) is 2. The van der Waals surface area contributed by atoms with Crippen molar-refractivity contribution >= 4 is 34.0 Å². The molecule has 8 heteroatoms. The van der Waals surface area contributed by atoms with Crippen LogP contribution in [0.5, 0.6) is 0 Å². The molecule has 1 saturated heterocycles. The van der Waals surface area contributed by atoms with E-state index in [0.29, 0.717) is 25.0 Å². The van der Waals surface area contributed by atoms with E-state index in [2.05, 4.69) is 36.2 Å². The largest absolute Gasteiger partial charge is 0.326 e. The summed E-state index contributed by atoms with van der Waals surface area (Å²) in [6, 6.07) is 8.72. The number of sulfonamides is 1. The highest BCUT2D eigenvalue weighted by Crippen LogP contribution is 2.26. The summed E-state index contributed by atoms with van der Waals surface area (Å²) in [6.07, 6.45) is 10.8. The van der Waals surface area contributed by atoms with Crippen LogP contribution in [-0.4, -0.2) is 62.0 Å². The topological polar surface area (TPSA) is 69.7 Å². The average Bonchev–Trinajstić information content (AvgIpc) is 2.79. The van der Waals surface area contributed by atoms with E-state index in [4.69, 9.17) is 0 Å². The Morgan fingerprint density at radius 1 is 1.15 bits per heavy atom. The van der Waals surface area contributed by atoms with Crippen molar-refractivity contribution in [3.05, 3.63) is 29.8 Å². The van der Waals surface area contributed by atoms with E-state index in [9.17, 15) is 13.2 Å². The molecule has 1 saturated carbocycles. The van der Waals surface area contributed by atoms with Crippen molar-refractivity contribution in [1.82, 2.24) is 9.21 Å². The summed E-state index contributed by atoms with van der Waals surface area (Å²) in [5.41, 5.74) is 2.16. The van der Waals surface area contributed by atoms with Crippen molar-refractivity contribution < 1.29 is 13.2 Å². The van der Waals surface area contributed by atoms with Gasteiger partial charge in [0.15, 0.2) is 0 Å². The smallest absolute Gasteiger partial charge is 0.227 e. The number of benzene rings is 1. The normalized spacial score (nSPS) is 19.5. The molecular formula is C26H44ClN3O3S. The molecule has 1 aliphatic carbocycles. The van der Waals surface area contributed by atoms with Crippen LogP contribution >= 0.6 is 12.4 Å². The fourth-order valence-electron chi connectivity index (χ4n) is 5.39. The van der Waals surface area contributed by atoms with Gasteiger partial charge in [-0.15, -0.1) is 12.4 Å². The number of carbonyl (C=O) groups excluding carboxylic acids is 1. The minimum absolute atomic E-state index is 0. The highest BCUT2D eigenvalue weighted by Gasteiger charge is 2.27. The highest BCUT2D eigenvalue weighted by atomic mass is 35.5. The van der Waals surface area contributed by atoms with Gasteiger partial charge in [0.2, 0.25) is 15.9 Å². The van der Waals surface area contributed by atoms with Gasteiger partial charge in [-0.25, -0.2) is 12.7 Å². The lowest BCUT2D eigenvalue weighted by Gasteiger charge is -2.36. The first kappa shape index (κ1) is 29.1. The van der Waals surface area contributed by atoms with Gasteiger partial charge in [0, 0.05) is 37.3 Å². The number of rotatable bonds is 10. The molecule has 1 aromatic carbocycles. The van der Waals surface area contributed by atoms with Crippen molar-refractivity contribution in [2.24, 2.45) is 11.8 Å². The molecule has 0 radical (unpaired) electrons. The molecule has 0 bridgehead atoms. The Kier molecular flexibility index (Phi) is 11.8. The first-order valence-electron chi connectivity index (χ1n) is 12.8. The maximum atomic E-state index is 12.6. The summed E-state index contributed by atoms with van der Waals surface area (Å²) in [6.45, 7) is 7.85. The molecule has 34 heavy (non-hydrogen) atoms. The molecular weight excluding hydrogens is 470 g/mol. The summed E-state index contributed by atoms with van der Waals surface area (Å²) in [7, 11) is -3.08. The second kappa shape index (κ2) is 13.8. The fourth-order valence-corrected chi connectivity index (χ4v) is 6.26. The molecule has 1 aliphatic heterocycles. The van der Waals surface area contributed by atoms with Crippen molar-refractivity contribution in [3.63, 3.8) is 0 Å². The van der Waals surface area contributed by atoms with Gasteiger partial charge in [-0.2, -0.15) is 0 Å². The monoisotopic (exact) mass is 513 g/mol. The van der Waals surface area contributed by atoms with Gasteiger partial charge in [-0.1, -0.05) is 38.3 Å². The quantitative estimate of drug-likeness (QED) is 0.481. The van der Waals surface area contributed by atoms with Crippen LogP contribution in [0.25, 0.3) is 0 Å². The Balaban J connectivity index is 0.00000408. The molecule has 1 atom stereocenters. The lowest BCUT2D eigenvalue weighted by atomic mass is 9.88. The van der Waals surface area contributed by atoms with E-state index in [-0.39, 0.29) is 24.2 Å². The molecule has 6 nitrogen and oxygen atoms in total. The lowest BCUT2D eigenvalue weighted by molar-refractivity contribution is -0.120. The predicted molar refractivity (Wildman–Crippen MR) is 143 cm³/mol. The summed E-state index contributed by atoms with van der Waals surface area (Å²) >= 11 is 0. The van der Waals surface area contributed by atoms with Crippen LogP contribution in [0.2, 0.25) is 0 Å². The molecule has 2 aliphatic rings. The second-order valence-corrected chi connectivity index (χ2v) is 12.2. The van der Waals surface area contributed by atoms with Crippen LogP contribution in [0.4, 0.5) is 5.69 Å². The molecule has 3 rings (SSSR count). The van der Waals surface area contributed by atoms with Crippen LogP contribution in [0.1, 0.15) is 70.8 Å². The van der Waals surface area contributed by atoms with E-state index in [0.717, 1.165) is 70.1 Å². The molecule has 1 heterocycles. The molecule has 194 valence electrons. The van der Waals surface area contributed by atoms with Gasteiger partial charge in [0.25, 0.3) is 0 Å². The second-order valence-electron chi connectivity index (χ2n) is 10.2. The zero-order chi connectivity index (χ0) is 23.8. The van der Waals surface area contributed by atoms with Crippen LogP contribution in [-0.2, 0) is 21.2 Å². The number of anilines is 1. The molecule has 1 N–H and O–H groups in total. The Morgan fingerprint density at radius 2 is 1.82 bits per heavy atom. The Bertz CT molecular complexity index is 866. The Labute approximate surface area is 213 Å². The van der Waals surface area contributed by atoms with Gasteiger partial charge >= 0.3 is 0 Å². The molecule has 0 spiro atoms. The summed E-state index contributed by atoms with van der Waals surface area (Å²) in [4.78, 5) is 15.2. The first-order chi connectivity index (χ1) is 15.8. The number of carbonyl (C=O) groups is 1. The first-order valence-corrected chi connectivity index (χ1v) is 14.7. The Hall–Kier alpha value is -1.15. The minimum Gasteiger partial charge on any atom is -0.326 e. The van der Waals surface area contributed by atoms with E-state index in [1.807, 2.05) is 12.1 Å². The van der Waals surface area contributed by atoms with E-state index < -0.39 is 10.0 Å². The third-order valence-corrected chi connectivity index (χ3v) is 8.67. The summed E-state index contributed by atoms with van der Waals surface area (Å²) in [5.74, 6) is 0.876. The average molecular weight is 514 g/mol. The molecule has 0 aromatic heterocycles. The van der Waals surface area contributed by atoms with Crippen LogP contribution in [0, 0.1) is 11.8 Å². The number of amides is 1. The number of hydrogen-bond acceptors (Lipinski definition) is 4. The van der Waals surface area contributed by atoms with Crippen LogP contribution in [0.3, 0.4) is 0 Å². The third-order valence-electron chi connectivity index (χ3n) is 7.37. The summed E-state index contributed by atoms with van der Waals surface area (Å²) in [5, 5.41) is 3.16. The van der Waals surface area contributed by atoms with Gasteiger partial charge < -0.3 is 10.2 Å². The zero-order valence-corrected chi connectivity index (χ0v) is 22.8. The van der Waals surface area contributed by atoms with Gasteiger partial charge in [0.1, 0.15) is 0 Å². The number of nitrogens with one attached hydrogen (secondary N) is 1. The molecule has 1 unspecified atom stereocenters. The molecule has 1 aromatic rings. The standard InChI is InChI=1S/C26H43N3O3S.ClH/c1-4-15-28(20-22-13-16-29(17-14-22)33(3,31)32)21(2)18-23-9-8-12-25(19-23)27-26(30)24-10-6-5-7-11-24;/h8-9,12,19,21-22,24H,4-7,10-11,13-18,20H2,1-3H3,(H,27,30);1H. The Morgan fingerprint density at radius 3 is 2.44 bits per heavy atom. The molecule has 1 amide bonds. The maximum Gasteiger partial charge on any atom is 0.227 e. The molecule has 2 fully saturated rings. The highest BCUT2D eigenvalue weighted by molar-refractivity contribution is 7.88. The SMILES string of the molecule is CCCN(CC1CCN(S(C)(=O)=O)CC1)C(C)Cc1cccc(NC(=O)C2CCCCC2)c1.Cl. The zero-order valence-electron chi connectivity index (χ0n) is 21.2. The van der Waals surface area contributed by atoms with Gasteiger partial charge in [-0.05, 0) is 75.6 Å². The van der Waals surface area contributed by atoms with Crippen molar-refractivity contribution in [1.29, 1.82) is 0 Å². The van der Waals surface area contributed by atoms with E-state index in [1.54, 1.807) is 4.31 Å². The number of piperidine rings is 1. The van der Waals surface area contributed by atoms with Crippen molar-refractivity contribution in [3.8, 4) is 0 Å². The maximum absolute atomic E-state index is 12.6. The van der Waals surface area contributed by atoms with Crippen molar-refractivity contribution in [2.75, 3.05) is 37.8 Å². The van der Waals surface area contributed by atoms with Gasteiger partial charge in [0.05, 0.1) is 6.26 Å².